The smallest absolute Gasteiger partial charge is 0.477 e. The number of anilines is 3. The monoisotopic (exact) mass is 786 g/mol. The van der Waals surface area contributed by atoms with Gasteiger partial charge in [-0.25, -0.2) is 18.8 Å². The molecule has 2 aromatic carbocycles. The standard InChI is InChI=1S/C37H45FN6O5.C2HF3O2/c1-4-24-16-26(12-11-23(24)3)39-33-19-34(45)44(37(49)40-33)14-8-6-7-13-41-20-25-10-9-15-43(32(25)22-41)31-18-30-27(17-29(31)38)35(46)28(36(47)48)21-42(30)5-2;3-2(4,5)1(6)7/h11-12,16-19,21,25,32,39H,4-10,13-15,20,22H2,1-3H3,(H,40,49)(H,47,48);(H,6,7). The number of aromatic amines is 1. The predicted molar refractivity (Wildman–Crippen MR) is 204 cm³/mol. The fourth-order valence-corrected chi connectivity index (χ4v) is 7.65. The van der Waals surface area contributed by atoms with Gasteiger partial charge in [0, 0.05) is 62.1 Å². The van der Waals surface area contributed by atoms with Gasteiger partial charge in [0.2, 0.25) is 5.43 Å². The number of nitrogens with one attached hydrogen (secondary N) is 2. The minimum atomic E-state index is -5.08. The van der Waals surface area contributed by atoms with Crippen LogP contribution in [0.4, 0.5) is 34.8 Å². The van der Waals surface area contributed by atoms with Crippen LogP contribution in [0, 0.1) is 18.7 Å². The molecule has 2 saturated heterocycles. The summed E-state index contributed by atoms with van der Waals surface area (Å²) in [6.45, 7) is 10.1. The molecule has 2 aliphatic heterocycles. The molecule has 2 fully saturated rings. The molecule has 13 nitrogen and oxygen atoms in total. The van der Waals surface area contributed by atoms with Gasteiger partial charge in [0.1, 0.15) is 17.2 Å². The number of likely N-dealkylation sites (tertiary alicyclic amines) is 1. The maximum absolute atomic E-state index is 15.6. The maximum atomic E-state index is 15.6. The number of hydrogen-bond acceptors (Lipinski definition) is 8. The van der Waals surface area contributed by atoms with Gasteiger partial charge in [-0.1, -0.05) is 19.4 Å². The van der Waals surface area contributed by atoms with E-state index in [4.69, 9.17) is 9.90 Å². The van der Waals surface area contributed by atoms with E-state index < -0.39 is 35.1 Å². The second-order valence-electron chi connectivity index (χ2n) is 14.2. The van der Waals surface area contributed by atoms with E-state index in [1.54, 1.807) is 10.6 Å². The van der Waals surface area contributed by atoms with Crippen molar-refractivity contribution in [3.8, 4) is 0 Å². The number of alkyl halides is 3. The number of H-pyrrole nitrogens is 1. The van der Waals surface area contributed by atoms with Crippen molar-refractivity contribution in [2.75, 3.05) is 36.4 Å². The number of halogens is 4. The molecule has 4 heterocycles. The van der Waals surface area contributed by atoms with Crippen molar-refractivity contribution in [1.82, 2.24) is 19.0 Å². The number of fused-ring (bicyclic) bond motifs is 2. The predicted octanol–water partition coefficient (Wildman–Crippen LogP) is 5.73. The molecule has 56 heavy (non-hydrogen) atoms. The Morgan fingerprint density at radius 2 is 1.70 bits per heavy atom. The second kappa shape index (κ2) is 17.6. The van der Waals surface area contributed by atoms with Gasteiger partial charge in [0.05, 0.1) is 11.2 Å². The summed E-state index contributed by atoms with van der Waals surface area (Å²) in [5, 5.41) is 19.8. The van der Waals surface area contributed by atoms with Gasteiger partial charge in [-0.15, -0.1) is 0 Å². The lowest BCUT2D eigenvalue weighted by atomic mass is 9.91. The van der Waals surface area contributed by atoms with Crippen LogP contribution >= 0.6 is 0 Å². The lowest BCUT2D eigenvalue weighted by Crippen LogP contribution is -2.45. The van der Waals surface area contributed by atoms with E-state index in [9.17, 15) is 37.5 Å². The highest BCUT2D eigenvalue weighted by atomic mass is 19.4. The summed E-state index contributed by atoms with van der Waals surface area (Å²) in [4.78, 5) is 66.3. The molecule has 0 radical (unpaired) electrons. The van der Waals surface area contributed by atoms with Crippen LogP contribution in [0.2, 0.25) is 0 Å². The molecule has 17 heteroatoms. The number of benzene rings is 2. The Morgan fingerprint density at radius 3 is 2.34 bits per heavy atom. The average molecular weight is 787 g/mol. The Balaban J connectivity index is 0.000000784. The molecule has 2 unspecified atom stereocenters. The molecule has 302 valence electrons. The SMILES string of the molecule is CCc1cc(Nc2cc(=O)n(CCCCCN3CC4CCCN(c5cc6c(cc5F)c(=O)c(C(=O)O)cn6CC)C4C3)c(=O)[nH]2)ccc1C.O=C(O)C(F)(F)F. The summed E-state index contributed by atoms with van der Waals surface area (Å²) >= 11 is 0. The fourth-order valence-electron chi connectivity index (χ4n) is 7.65. The summed E-state index contributed by atoms with van der Waals surface area (Å²) in [7, 11) is 0. The zero-order chi connectivity index (χ0) is 40.9. The molecule has 0 spiro atoms. The minimum absolute atomic E-state index is 0.0780. The number of hydrogen-bond donors (Lipinski definition) is 4. The largest absolute Gasteiger partial charge is 0.490 e. The Kier molecular flexibility index (Phi) is 13.1. The number of piperidine rings is 1. The normalized spacial score (nSPS) is 17.0. The molecule has 2 aromatic heterocycles. The number of nitrogens with zero attached hydrogens (tertiary/aromatic N) is 4. The van der Waals surface area contributed by atoms with Crippen molar-refractivity contribution in [3.05, 3.63) is 96.2 Å². The van der Waals surface area contributed by atoms with Crippen LogP contribution in [0.15, 0.2) is 57.0 Å². The molecule has 4 aromatic rings. The molecule has 2 aliphatic rings. The number of unbranched alkanes of at least 4 members (excludes halogenated alkanes) is 2. The number of carboxylic acids is 2. The zero-order valence-corrected chi connectivity index (χ0v) is 31.4. The van der Waals surface area contributed by atoms with Crippen molar-refractivity contribution in [2.45, 2.75) is 84.6 Å². The van der Waals surface area contributed by atoms with Crippen molar-refractivity contribution >= 4 is 40.0 Å². The first-order valence-corrected chi connectivity index (χ1v) is 18.6. The van der Waals surface area contributed by atoms with Crippen molar-refractivity contribution in [2.24, 2.45) is 5.92 Å². The number of aliphatic carboxylic acids is 1. The lowest BCUT2D eigenvalue weighted by Gasteiger charge is -2.39. The van der Waals surface area contributed by atoms with Gasteiger partial charge in [-0.05, 0) is 93.8 Å². The average Bonchev–Trinajstić information content (AvgIpc) is 3.56. The highest BCUT2D eigenvalue weighted by Crippen LogP contribution is 2.36. The summed E-state index contributed by atoms with van der Waals surface area (Å²) < 4.78 is 50.3. The van der Waals surface area contributed by atoms with E-state index in [0.717, 1.165) is 57.4 Å². The number of pyridine rings is 1. The van der Waals surface area contributed by atoms with Crippen LogP contribution in [0.25, 0.3) is 10.9 Å². The van der Waals surface area contributed by atoms with Crippen LogP contribution in [0.3, 0.4) is 0 Å². The molecule has 0 amide bonds. The molecular formula is C39H46F4N6O7. The zero-order valence-electron chi connectivity index (χ0n) is 31.4. The topological polar surface area (TPSA) is 170 Å². The van der Waals surface area contributed by atoms with E-state index in [-0.39, 0.29) is 22.6 Å². The quantitative estimate of drug-likeness (QED) is 0.103. The van der Waals surface area contributed by atoms with Gasteiger partial charge in [-0.3, -0.25) is 19.1 Å². The Bertz CT molecular complexity index is 2240. The molecule has 0 bridgehead atoms. The van der Waals surface area contributed by atoms with E-state index in [1.807, 2.05) is 25.1 Å². The van der Waals surface area contributed by atoms with Crippen LogP contribution in [0.5, 0.6) is 0 Å². The maximum Gasteiger partial charge on any atom is 0.490 e. The van der Waals surface area contributed by atoms with E-state index >= 15 is 4.39 Å². The third-order valence-electron chi connectivity index (χ3n) is 10.5. The highest BCUT2D eigenvalue weighted by Gasteiger charge is 2.40. The van der Waals surface area contributed by atoms with Crippen molar-refractivity contribution < 1.29 is 37.4 Å². The number of aromatic nitrogens is 3. The first kappa shape index (κ1) is 41.7. The summed E-state index contributed by atoms with van der Waals surface area (Å²) in [6.07, 6.45) is 1.63. The molecule has 6 rings (SSSR count). The minimum Gasteiger partial charge on any atom is -0.477 e. The molecule has 4 N–H and O–H groups in total. The van der Waals surface area contributed by atoms with Gasteiger partial charge in [-0.2, -0.15) is 13.2 Å². The third-order valence-corrected chi connectivity index (χ3v) is 10.5. The van der Waals surface area contributed by atoms with Crippen LogP contribution in [-0.2, 0) is 24.3 Å². The fraction of sp³-hybridized carbons (Fsp3) is 0.462. The first-order valence-electron chi connectivity index (χ1n) is 18.6. The third kappa shape index (κ3) is 9.49. The summed E-state index contributed by atoms with van der Waals surface area (Å²) in [6, 6.07) is 10.5. The van der Waals surface area contributed by atoms with Gasteiger partial charge in [0.15, 0.2) is 0 Å². The van der Waals surface area contributed by atoms with E-state index in [0.29, 0.717) is 49.0 Å². The second-order valence-corrected chi connectivity index (χ2v) is 14.2. The molecule has 2 atom stereocenters. The first-order chi connectivity index (χ1) is 26.5. The van der Waals surface area contributed by atoms with E-state index in [2.05, 4.69) is 33.9 Å². The van der Waals surface area contributed by atoms with Crippen molar-refractivity contribution in [1.29, 1.82) is 0 Å². The van der Waals surface area contributed by atoms with Crippen LogP contribution in [0.1, 0.15) is 67.4 Å². The highest BCUT2D eigenvalue weighted by molar-refractivity contribution is 5.93. The molecule has 0 aliphatic carbocycles. The van der Waals surface area contributed by atoms with E-state index in [1.165, 1.54) is 34.0 Å². The molecular weight excluding hydrogens is 740 g/mol. The number of aryl methyl sites for hydroxylation is 3. The van der Waals surface area contributed by atoms with Crippen LogP contribution < -0.4 is 26.9 Å². The lowest BCUT2D eigenvalue weighted by molar-refractivity contribution is -0.192. The molecule has 0 saturated carbocycles. The number of carbonyl (C=O) groups is 2. The van der Waals surface area contributed by atoms with Gasteiger partial charge in [0.25, 0.3) is 5.56 Å². The van der Waals surface area contributed by atoms with Gasteiger partial charge >= 0.3 is 23.8 Å². The summed E-state index contributed by atoms with van der Waals surface area (Å²) in [5.41, 5.74) is 2.41. The number of carboxylic acid groups (broad SMARTS) is 2. The number of rotatable bonds is 12. The number of aromatic carboxylic acids is 1. The van der Waals surface area contributed by atoms with Gasteiger partial charge < -0.3 is 29.9 Å². The Hall–Kier alpha value is -5.45. The summed E-state index contributed by atoms with van der Waals surface area (Å²) in [5.74, 6) is -3.82. The Morgan fingerprint density at radius 1 is 0.982 bits per heavy atom. The Labute approximate surface area is 319 Å². The van der Waals surface area contributed by atoms with Crippen LogP contribution in [-0.4, -0.2) is 79.6 Å². The van der Waals surface area contributed by atoms with Crippen molar-refractivity contribution in [3.63, 3.8) is 0 Å².